The van der Waals surface area contributed by atoms with Crippen LogP contribution in [0.1, 0.15) is 19.4 Å². The molecule has 1 aromatic rings. The summed E-state index contributed by atoms with van der Waals surface area (Å²) >= 11 is 0. The van der Waals surface area contributed by atoms with Crippen LogP contribution < -0.4 is 10.2 Å². The predicted molar refractivity (Wildman–Crippen MR) is 78.0 cm³/mol. The Balaban J connectivity index is 2.68. The van der Waals surface area contributed by atoms with E-state index in [1.165, 1.54) is 5.56 Å². The van der Waals surface area contributed by atoms with Crippen molar-refractivity contribution in [1.29, 1.82) is 0 Å². The molecule has 0 atom stereocenters. The first-order chi connectivity index (χ1) is 8.50. The van der Waals surface area contributed by atoms with Crippen LogP contribution in [0, 0.1) is 0 Å². The first kappa shape index (κ1) is 14.9. The maximum atomic E-state index is 4.50. The van der Waals surface area contributed by atoms with Crippen LogP contribution in [0.5, 0.6) is 0 Å². The van der Waals surface area contributed by atoms with E-state index in [1.54, 1.807) is 0 Å². The molecule has 4 heteroatoms. The van der Waals surface area contributed by atoms with Crippen molar-refractivity contribution >= 4 is 5.82 Å². The van der Waals surface area contributed by atoms with Crippen molar-refractivity contribution in [2.24, 2.45) is 0 Å². The quantitative estimate of drug-likeness (QED) is 0.796. The van der Waals surface area contributed by atoms with Gasteiger partial charge in [0.2, 0.25) is 0 Å². The molecule has 0 bridgehead atoms. The van der Waals surface area contributed by atoms with Gasteiger partial charge in [-0.3, -0.25) is 0 Å². The highest BCUT2D eigenvalue weighted by atomic mass is 15.2. The van der Waals surface area contributed by atoms with Gasteiger partial charge in [0.15, 0.2) is 0 Å². The number of nitrogens with zero attached hydrogens (tertiary/aromatic N) is 3. The Labute approximate surface area is 111 Å². The van der Waals surface area contributed by atoms with Crippen molar-refractivity contribution in [3.8, 4) is 0 Å². The topological polar surface area (TPSA) is 31.4 Å². The molecule has 1 N–H and O–H groups in total. The Morgan fingerprint density at radius 2 is 1.94 bits per heavy atom. The van der Waals surface area contributed by atoms with Crippen molar-refractivity contribution < 1.29 is 0 Å². The van der Waals surface area contributed by atoms with E-state index in [1.807, 2.05) is 12.3 Å². The Hall–Kier alpha value is -1.13. The van der Waals surface area contributed by atoms with Gasteiger partial charge in [-0.05, 0) is 20.2 Å². The highest BCUT2D eigenvalue weighted by Crippen LogP contribution is 2.15. The van der Waals surface area contributed by atoms with Gasteiger partial charge in [0.25, 0.3) is 0 Å². The second-order valence-electron chi connectivity index (χ2n) is 5.25. The highest BCUT2D eigenvalue weighted by Gasteiger charge is 2.08. The monoisotopic (exact) mass is 250 g/mol. The van der Waals surface area contributed by atoms with Gasteiger partial charge in [-0.15, -0.1) is 0 Å². The minimum Gasteiger partial charge on any atom is -0.358 e. The lowest BCUT2D eigenvalue weighted by Crippen LogP contribution is -2.30. The Morgan fingerprint density at radius 1 is 1.22 bits per heavy atom. The smallest absolute Gasteiger partial charge is 0.132 e. The maximum Gasteiger partial charge on any atom is 0.132 e. The van der Waals surface area contributed by atoms with E-state index in [4.69, 9.17) is 0 Å². The third-order valence-corrected chi connectivity index (χ3v) is 2.81. The zero-order valence-corrected chi connectivity index (χ0v) is 12.3. The summed E-state index contributed by atoms with van der Waals surface area (Å²) in [5.41, 5.74) is 1.26. The predicted octanol–water partition coefficient (Wildman–Crippen LogP) is 1.58. The number of hydrogen-bond donors (Lipinski definition) is 1. The molecule has 0 spiro atoms. The van der Waals surface area contributed by atoms with Gasteiger partial charge in [0.05, 0.1) is 0 Å². The Kier molecular flexibility index (Phi) is 6.09. The van der Waals surface area contributed by atoms with Gasteiger partial charge < -0.3 is 15.1 Å². The summed E-state index contributed by atoms with van der Waals surface area (Å²) in [4.78, 5) is 8.91. The second-order valence-corrected chi connectivity index (χ2v) is 5.25. The number of pyridine rings is 1. The minimum atomic E-state index is 0.491. The van der Waals surface area contributed by atoms with Crippen molar-refractivity contribution in [1.82, 2.24) is 15.2 Å². The molecule has 0 saturated carbocycles. The molecule has 0 fully saturated rings. The first-order valence-electron chi connectivity index (χ1n) is 6.54. The van der Waals surface area contributed by atoms with Gasteiger partial charge in [0.1, 0.15) is 5.82 Å². The number of anilines is 1. The fourth-order valence-electron chi connectivity index (χ4n) is 1.68. The van der Waals surface area contributed by atoms with E-state index in [9.17, 15) is 0 Å². The van der Waals surface area contributed by atoms with Gasteiger partial charge in [-0.2, -0.15) is 0 Å². The summed E-state index contributed by atoms with van der Waals surface area (Å²) < 4.78 is 0. The summed E-state index contributed by atoms with van der Waals surface area (Å²) in [6, 6.07) is 4.63. The van der Waals surface area contributed by atoms with Crippen LogP contribution >= 0.6 is 0 Å². The second kappa shape index (κ2) is 7.34. The molecule has 0 radical (unpaired) electrons. The molecular weight excluding hydrogens is 224 g/mol. The Bertz CT molecular complexity index is 349. The zero-order valence-electron chi connectivity index (χ0n) is 12.3. The lowest BCUT2D eigenvalue weighted by atomic mass is 10.2. The standard InChI is InChI=1S/C14H26N4/c1-12(2)16-11-13-7-6-8-15-14(13)18(5)10-9-17(3)4/h6-8,12,16H,9-11H2,1-5H3. The minimum absolute atomic E-state index is 0.491. The summed E-state index contributed by atoms with van der Waals surface area (Å²) in [6.45, 7) is 7.20. The molecule has 1 heterocycles. The van der Waals surface area contributed by atoms with Gasteiger partial charge >= 0.3 is 0 Å². The molecule has 0 aliphatic carbocycles. The third-order valence-electron chi connectivity index (χ3n) is 2.81. The van der Waals surface area contributed by atoms with Crippen LogP contribution in [0.3, 0.4) is 0 Å². The first-order valence-corrected chi connectivity index (χ1v) is 6.54. The van der Waals surface area contributed by atoms with E-state index in [2.05, 4.69) is 61.2 Å². The zero-order chi connectivity index (χ0) is 13.5. The van der Waals surface area contributed by atoms with E-state index in [0.717, 1.165) is 25.5 Å². The van der Waals surface area contributed by atoms with Crippen molar-refractivity contribution in [3.63, 3.8) is 0 Å². The lowest BCUT2D eigenvalue weighted by Gasteiger charge is -2.23. The van der Waals surface area contributed by atoms with Crippen molar-refractivity contribution in [2.45, 2.75) is 26.4 Å². The maximum absolute atomic E-state index is 4.50. The van der Waals surface area contributed by atoms with E-state index in [-0.39, 0.29) is 0 Å². The molecule has 0 aliphatic rings. The van der Waals surface area contributed by atoms with Crippen LogP contribution in [0.25, 0.3) is 0 Å². The summed E-state index contributed by atoms with van der Waals surface area (Å²) in [5.74, 6) is 1.08. The molecule has 1 rings (SSSR count). The van der Waals surface area contributed by atoms with Crippen molar-refractivity contribution in [3.05, 3.63) is 23.9 Å². The molecule has 0 saturated heterocycles. The fraction of sp³-hybridized carbons (Fsp3) is 0.643. The van der Waals surface area contributed by atoms with E-state index in [0.29, 0.717) is 6.04 Å². The number of hydrogen-bond acceptors (Lipinski definition) is 4. The van der Waals surface area contributed by atoms with Crippen LogP contribution in [0.15, 0.2) is 18.3 Å². The van der Waals surface area contributed by atoms with Gasteiger partial charge in [0, 0.05) is 44.5 Å². The van der Waals surface area contributed by atoms with Crippen LogP contribution in [0.4, 0.5) is 5.82 Å². The number of likely N-dealkylation sites (N-methyl/N-ethyl adjacent to an activating group) is 2. The third kappa shape index (κ3) is 5.02. The van der Waals surface area contributed by atoms with Crippen LogP contribution in [-0.4, -0.2) is 50.2 Å². The normalized spacial score (nSPS) is 11.3. The molecule has 0 aromatic carbocycles. The Morgan fingerprint density at radius 3 is 2.56 bits per heavy atom. The summed E-state index contributed by atoms with van der Waals surface area (Å²) in [5, 5.41) is 3.44. The molecule has 18 heavy (non-hydrogen) atoms. The van der Waals surface area contributed by atoms with Gasteiger partial charge in [-0.25, -0.2) is 4.98 Å². The molecule has 0 aliphatic heterocycles. The van der Waals surface area contributed by atoms with Crippen molar-refractivity contribution in [2.75, 3.05) is 39.1 Å². The number of rotatable bonds is 7. The average Bonchev–Trinajstić information content (AvgIpc) is 2.33. The highest BCUT2D eigenvalue weighted by molar-refractivity contribution is 5.45. The van der Waals surface area contributed by atoms with E-state index < -0.39 is 0 Å². The van der Waals surface area contributed by atoms with Crippen LogP contribution in [-0.2, 0) is 6.54 Å². The SMILES string of the molecule is CC(C)NCc1cccnc1N(C)CCN(C)C. The molecule has 4 nitrogen and oxygen atoms in total. The largest absolute Gasteiger partial charge is 0.358 e. The number of aromatic nitrogens is 1. The summed E-state index contributed by atoms with van der Waals surface area (Å²) in [6.07, 6.45) is 1.86. The van der Waals surface area contributed by atoms with Crippen LogP contribution in [0.2, 0.25) is 0 Å². The molecule has 0 amide bonds. The summed E-state index contributed by atoms with van der Waals surface area (Å²) in [7, 11) is 6.28. The van der Waals surface area contributed by atoms with Gasteiger partial charge in [-0.1, -0.05) is 19.9 Å². The molecule has 0 unspecified atom stereocenters. The molecule has 1 aromatic heterocycles. The lowest BCUT2D eigenvalue weighted by molar-refractivity contribution is 0.416. The fourth-order valence-corrected chi connectivity index (χ4v) is 1.68. The van der Waals surface area contributed by atoms with E-state index >= 15 is 0 Å². The molecular formula is C14H26N4. The molecule has 102 valence electrons. The average molecular weight is 250 g/mol. The number of nitrogens with one attached hydrogen (secondary N) is 1.